The van der Waals surface area contributed by atoms with Gasteiger partial charge >= 0.3 is 0 Å². The largest absolute Gasteiger partial charge is 0.352 e. The molecular formula is C30H27FN8O3S. The zero-order valence-electron chi connectivity index (χ0n) is 23.2. The molecule has 0 radical (unpaired) electrons. The summed E-state index contributed by atoms with van der Waals surface area (Å²) in [7, 11) is -3.65. The standard InChI is InChI=1S/C30H27FN8O3S/c1-3-4-27(40)35-20-10-18(12-33-13-20)23-5-6-24-28(37-23)29(39-38-24)25-11-21-22(14-34-15-26(21)36-25)16-7-17(9-19(31)8-16)30(32)43(2,41)42/h5-15,30,36H,3-4,32H2,1-2H3,(H,35,40)(H,38,39). The topological polar surface area (TPSA) is 172 Å². The van der Waals surface area contributed by atoms with E-state index in [1.807, 2.05) is 31.2 Å². The number of anilines is 1. The van der Waals surface area contributed by atoms with Gasteiger partial charge in [-0.15, -0.1) is 0 Å². The van der Waals surface area contributed by atoms with E-state index in [-0.39, 0.29) is 11.5 Å². The molecule has 0 bridgehead atoms. The zero-order valence-corrected chi connectivity index (χ0v) is 24.0. The Morgan fingerprint density at radius 2 is 1.84 bits per heavy atom. The summed E-state index contributed by atoms with van der Waals surface area (Å²) >= 11 is 0. The molecule has 0 saturated carbocycles. The number of benzene rings is 1. The van der Waals surface area contributed by atoms with Gasteiger partial charge in [0.05, 0.1) is 40.5 Å². The van der Waals surface area contributed by atoms with Crippen molar-refractivity contribution in [3.63, 3.8) is 0 Å². The molecular weight excluding hydrogens is 571 g/mol. The molecule has 5 N–H and O–H groups in total. The molecule has 1 amide bonds. The SMILES string of the molecule is CCCC(=O)Nc1cncc(-c2ccc3[nH]nc(-c4cc5c(-c6cc(F)cc(C(N)S(C)(=O)=O)c6)cncc5[nH]4)c3n2)c1. The lowest BCUT2D eigenvalue weighted by atomic mass is 10.0. The zero-order chi connectivity index (χ0) is 30.3. The Bertz CT molecular complexity index is 2120. The molecule has 0 aliphatic carbocycles. The number of aromatic amines is 2. The third kappa shape index (κ3) is 5.59. The van der Waals surface area contributed by atoms with Crippen molar-refractivity contribution in [1.29, 1.82) is 0 Å². The first kappa shape index (κ1) is 28.1. The first-order valence-corrected chi connectivity index (χ1v) is 15.4. The molecule has 1 aromatic carbocycles. The van der Waals surface area contributed by atoms with Gasteiger partial charge in [0.2, 0.25) is 5.91 Å². The van der Waals surface area contributed by atoms with Crippen molar-refractivity contribution in [2.75, 3.05) is 11.6 Å². The van der Waals surface area contributed by atoms with Gasteiger partial charge in [-0.1, -0.05) is 6.92 Å². The average Bonchev–Trinajstić information content (AvgIpc) is 3.60. The maximum atomic E-state index is 14.6. The van der Waals surface area contributed by atoms with Crippen LogP contribution in [0.5, 0.6) is 0 Å². The van der Waals surface area contributed by atoms with Crippen molar-refractivity contribution >= 4 is 43.4 Å². The number of carbonyl (C=O) groups is 1. The van der Waals surface area contributed by atoms with E-state index < -0.39 is 21.0 Å². The summed E-state index contributed by atoms with van der Waals surface area (Å²) < 4.78 is 38.7. The lowest BCUT2D eigenvalue weighted by Gasteiger charge is -2.12. The Hall–Kier alpha value is -5.01. The molecule has 13 heteroatoms. The number of carbonyl (C=O) groups excluding carboxylic acids is 1. The highest BCUT2D eigenvalue weighted by atomic mass is 32.2. The Labute approximate surface area is 245 Å². The van der Waals surface area contributed by atoms with Crippen LogP contribution in [0, 0.1) is 5.82 Å². The maximum Gasteiger partial charge on any atom is 0.224 e. The minimum atomic E-state index is -3.65. The Morgan fingerprint density at radius 1 is 1.02 bits per heavy atom. The molecule has 5 heterocycles. The third-order valence-electron chi connectivity index (χ3n) is 7.02. The Morgan fingerprint density at radius 3 is 2.63 bits per heavy atom. The number of hydrogen-bond donors (Lipinski definition) is 4. The van der Waals surface area contributed by atoms with E-state index >= 15 is 0 Å². The van der Waals surface area contributed by atoms with Crippen molar-refractivity contribution in [2.45, 2.75) is 25.1 Å². The molecule has 11 nitrogen and oxygen atoms in total. The highest BCUT2D eigenvalue weighted by Crippen LogP contribution is 2.35. The first-order valence-electron chi connectivity index (χ1n) is 13.4. The molecule has 6 aromatic rings. The number of halogens is 1. The van der Waals surface area contributed by atoms with Gasteiger partial charge in [0.1, 0.15) is 22.4 Å². The number of hydrogen-bond acceptors (Lipinski definition) is 8. The van der Waals surface area contributed by atoms with E-state index in [4.69, 9.17) is 10.7 Å². The van der Waals surface area contributed by atoms with Crippen LogP contribution in [0.25, 0.3) is 55.7 Å². The molecule has 0 saturated heterocycles. The maximum absolute atomic E-state index is 14.6. The van der Waals surface area contributed by atoms with Gasteiger partial charge in [0.15, 0.2) is 9.84 Å². The Balaban J connectivity index is 1.40. The van der Waals surface area contributed by atoms with Crippen LogP contribution in [0.15, 0.2) is 67.3 Å². The van der Waals surface area contributed by atoms with E-state index in [0.717, 1.165) is 29.7 Å². The second-order valence-electron chi connectivity index (χ2n) is 10.3. The number of nitrogens with two attached hydrogens (primary N) is 1. The van der Waals surface area contributed by atoms with Crippen LogP contribution in [0.2, 0.25) is 0 Å². The van der Waals surface area contributed by atoms with Gasteiger partial charge in [0.25, 0.3) is 0 Å². The molecule has 0 fully saturated rings. The second kappa shape index (κ2) is 11.0. The number of nitrogens with zero attached hydrogens (tertiary/aromatic N) is 4. The van der Waals surface area contributed by atoms with Gasteiger partial charge < -0.3 is 16.0 Å². The molecule has 218 valence electrons. The van der Waals surface area contributed by atoms with Crippen LogP contribution in [0.4, 0.5) is 10.1 Å². The third-order valence-corrected chi connectivity index (χ3v) is 8.22. The smallest absolute Gasteiger partial charge is 0.224 e. The number of sulfone groups is 1. The number of nitrogens with one attached hydrogen (secondary N) is 3. The first-order chi connectivity index (χ1) is 20.6. The quantitative estimate of drug-likeness (QED) is 0.187. The fourth-order valence-electron chi connectivity index (χ4n) is 4.93. The monoisotopic (exact) mass is 598 g/mol. The summed E-state index contributed by atoms with van der Waals surface area (Å²) in [6.07, 6.45) is 8.66. The van der Waals surface area contributed by atoms with Crippen molar-refractivity contribution in [2.24, 2.45) is 5.73 Å². The van der Waals surface area contributed by atoms with Gasteiger partial charge in [-0.05, 0) is 60.0 Å². The molecule has 0 spiro atoms. The summed E-state index contributed by atoms with van der Waals surface area (Å²) in [4.78, 5) is 28.8. The van der Waals surface area contributed by atoms with Crippen molar-refractivity contribution in [3.05, 3.63) is 78.6 Å². The van der Waals surface area contributed by atoms with Gasteiger partial charge in [-0.3, -0.25) is 19.9 Å². The summed E-state index contributed by atoms with van der Waals surface area (Å²) in [6.45, 7) is 1.94. The van der Waals surface area contributed by atoms with Gasteiger partial charge in [-0.2, -0.15) is 5.10 Å². The molecule has 5 aromatic heterocycles. The summed E-state index contributed by atoms with van der Waals surface area (Å²) in [5, 5.41) is 9.72. The number of H-pyrrole nitrogens is 2. The predicted octanol–water partition coefficient (Wildman–Crippen LogP) is 5.11. The van der Waals surface area contributed by atoms with E-state index in [1.54, 1.807) is 30.9 Å². The van der Waals surface area contributed by atoms with Crippen molar-refractivity contribution in [3.8, 4) is 33.8 Å². The van der Waals surface area contributed by atoms with Gasteiger partial charge in [0, 0.05) is 41.6 Å². The van der Waals surface area contributed by atoms with Crippen molar-refractivity contribution < 1.29 is 17.6 Å². The number of pyridine rings is 3. The minimum absolute atomic E-state index is 0.0811. The van der Waals surface area contributed by atoms with E-state index in [9.17, 15) is 17.6 Å². The van der Waals surface area contributed by atoms with Crippen molar-refractivity contribution in [1.82, 2.24) is 30.1 Å². The van der Waals surface area contributed by atoms with Gasteiger partial charge in [-0.25, -0.2) is 17.8 Å². The fourth-order valence-corrected chi connectivity index (χ4v) is 5.56. The average molecular weight is 599 g/mol. The van der Waals surface area contributed by atoms with Crippen LogP contribution >= 0.6 is 0 Å². The molecule has 1 unspecified atom stereocenters. The highest BCUT2D eigenvalue weighted by Gasteiger charge is 2.21. The molecule has 0 aliphatic rings. The number of aromatic nitrogens is 6. The molecule has 1 atom stereocenters. The lowest BCUT2D eigenvalue weighted by molar-refractivity contribution is -0.116. The number of rotatable bonds is 8. The second-order valence-corrected chi connectivity index (χ2v) is 12.4. The van der Waals surface area contributed by atoms with Crippen LogP contribution in [0.1, 0.15) is 30.7 Å². The molecule has 0 aliphatic heterocycles. The summed E-state index contributed by atoms with van der Waals surface area (Å²) in [5.74, 6) is -0.694. The predicted molar refractivity (Wildman–Crippen MR) is 163 cm³/mol. The minimum Gasteiger partial charge on any atom is -0.352 e. The van der Waals surface area contributed by atoms with Crippen LogP contribution in [-0.2, 0) is 14.6 Å². The summed E-state index contributed by atoms with van der Waals surface area (Å²) in [5.41, 5.74) is 12.2. The number of amides is 1. The lowest BCUT2D eigenvalue weighted by Crippen LogP contribution is -2.20. The summed E-state index contributed by atoms with van der Waals surface area (Å²) in [6, 6.07) is 11.4. The highest BCUT2D eigenvalue weighted by molar-refractivity contribution is 7.90. The van der Waals surface area contributed by atoms with E-state index in [1.165, 1.54) is 6.07 Å². The van der Waals surface area contributed by atoms with E-state index in [2.05, 4.69) is 30.5 Å². The fraction of sp³-hybridized carbons (Fsp3) is 0.167. The van der Waals surface area contributed by atoms with E-state index in [0.29, 0.717) is 56.9 Å². The van der Waals surface area contributed by atoms with Crippen LogP contribution in [0.3, 0.4) is 0 Å². The number of fused-ring (bicyclic) bond motifs is 2. The molecule has 43 heavy (non-hydrogen) atoms. The Kier molecular flexibility index (Phi) is 7.20. The molecule has 6 rings (SSSR count). The van der Waals surface area contributed by atoms with Crippen LogP contribution < -0.4 is 11.1 Å². The normalized spacial score (nSPS) is 12.6. The van der Waals surface area contributed by atoms with Crippen LogP contribution in [-0.4, -0.2) is 50.7 Å².